The normalized spacial score (nSPS) is 14.0. The van der Waals surface area contributed by atoms with Crippen molar-refractivity contribution in [1.29, 1.82) is 0 Å². The van der Waals surface area contributed by atoms with Crippen LogP contribution in [0, 0.1) is 0 Å². The average molecular weight is 941 g/mol. The van der Waals surface area contributed by atoms with Crippen LogP contribution >= 0.6 is 0 Å². The fraction of sp³-hybridized carbons (Fsp3) is 0.0143. The third-order valence-electron chi connectivity index (χ3n) is 15.4. The van der Waals surface area contributed by atoms with E-state index in [1.807, 2.05) is 36.4 Å². The molecule has 74 heavy (non-hydrogen) atoms. The van der Waals surface area contributed by atoms with Gasteiger partial charge in [-0.3, -0.25) is 0 Å². The number of hydrogen-bond acceptors (Lipinski definition) is 3. The molecular formula is C70H44N4. The molecule has 13 aromatic rings. The molecule has 2 aliphatic rings. The van der Waals surface area contributed by atoms with E-state index in [1.54, 1.807) is 0 Å². The lowest BCUT2D eigenvalue weighted by Gasteiger charge is -2.31. The molecular weight excluding hydrogens is 897 g/mol. The molecule has 2 heterocycles. The van der Waals surface area contributed by atoms with Crippen molar-refractivity contribution in [3.05, 3.63) is 289 Å². The quantitative estimate of drug-likeness (QED) is 0.160. The van der Waals surface area contributed by atoms with Gasteiger partial charge in [0.15, 0.2) is 17.5 Å². The third kappa shape index (κ3) is 6.45. The fourth-order valence-corrected chi connectivity index (χ4v) is 12.1. The highest BCUT2D eigenvalue weighted by atomic mass is 15.0. The van der Waals surface area contributed by atoms with Crippen molar-refractivity contribution in [2.24, 2.45) is 0 Å². The highest BCUT2D eigenvalue weighted by Crippen LogP contribution is 2.64. The minimum absolute atomic E-state index is 0.631. The molecule has 0 fully saturated rings. The first kappa shape index (κ1) is 42.0. The van der Waals surface area contributed by atoms with Gasteiger partial charge in [0.1, 0.15) is 0 Å². The van der Waals surface area contributed by atoms with Crippen molar-refractivity contribution in [1.82, 2.24) is 19.5 Å². The van der Waals surface area contributed by atoms with E-state index >= 15 is 0 Å². The maximum atomic E-state index is 5.23. The molecule has 4 nitrogen and oxygen atoms in total. The van der Waals surface area contributed by atoms with E-state index in [9.17, 15) is 0 Å². The predicted octanol–water partition coefficient (Wildman–Crippen LogP) is 17.3. The largest absolute Gasteiger partial charge is 0.309 e. The van der Waals surface area contributed by atoms with Gasteiger partial charge in [0.25, 0.3) is 0 Å². The first-order valence-electron chi connectivity index (χ1n) is 25.3. The molecule has 1 spiro atoms. The van der Waals surface area contributed by atoms with Gasteiger partial charge in [-0.25, -0.2) is 15.0 Å². The zero-order chi connectivity index (χ0) is 48.7. The summed E-state index contributed by atoms with van der Waals surface area (Å²) in [5, 5.41) is 2.42. The fourth-order valence-electron chi connectivity index (χ4n) is 12.1. The van der Waals surface area contributed by atoms with Gasteiger partial charge in [-0.1, -0.05) is 206 Å². The lowest BCUT2D eigenvalue weighted by molar-refractivity contribution is 0.794. The van der Waals surface area contributed by atoms with Crippen LogP contribution in [0.5, 0.6) is 0 Å². The summed E-state index contributed by atoms with van der Waals surface area (Å²) >= 11 is 0. The van der Waals surface area contributed by atoms with Crippen molar-refractivity contribution >= 4 is 21.8 Å². The number of fused-ring (bicyclic) bond motifs is 13. The number of hydrogen-bond donors (Lipinski definition) is 0. The molecule has 4 heteroatoms. The van der Waals surface area contributed by atoms with E-state index in [4.69, 9.17) is 15.0 Å². The van der Waals surface area contributed by atoms with Gasteiger partial charge in [-0.2, -0.15) is 0 Å². The zero-order valence-electron chi connectivity index (χ0n) is 40.2. The summed E-state index contributed by atoms with van der Waals surface area (Å²) in [5.74, 6) is 1.92. The maximum absolute atomic E-state index is 5.23. The summed E-state index contributed by atoms with van der Waals surface area (Å²) in [6.45, 7) is 0. The summed E-state index contributed by atoms with van der Waals surface area (Å²) in [6.07, 6.45) is 0. The molecule has 2 aliphatic carbocycles. The van der Waals surface area contributed by atoms with Crippen molar-refractivity contribution < 1.29 is 0 Å². The molecule has 1 atom stereocenters. The molecule has 0 N–H and O–H groups in total. The van der Waals surface area contributed by atoms with E-state index in [0.717, 1.165) is 33.4 Å². The van der Waals surface area contributed by atoms with Crippen LogP contribution in [-0.2, 0) is 5.41 Å². The molecule has 0 saturated heterocycles. The van der Waals surface area contributed by atoms with Crippen molar-refractivity contribution in [3.63, 3.8) is 0 Å². The smallest absolute Gasteiger partial charge is 0.164 e. The highest BCUT2D eigenvalue weighted by molar-refractivity contribution is 6.13. The number of aromatic nitrogens is 4. The van der Waals surface area contributed by atoms with Crippen LogP contribution in [0.1, 0.15) is 22.3 Å². The van der Waals surface area contributed by atoms with Crippen LogP contribution in [0.4, 0.5) is 0 Å². The SMILES string of the molecule is c1ccc(-c2cc(-c3ccccc3)cc(-c3ccc4c(c3)c3cc5c(cc3n4-c3ccccc3)C3(c4ccccc4-c4ccc(-c6nc(-c7ccccc7)nc(-c7ccccc7)n6)cc43)c3ccccc3-5)c2)cc1. The second-order valence-electron chi connectivity index (χ2n) is 19.5. The molecule has 15 rings (SSSR count). The molecule has 1 unspecified atom stereocenters. The molecule has 0 aliphatic heterocycles. The lowest BCUT2D eigenvalue weighted by atomic mass is 9.70. The van der Waals surface area contributed by atoms with Crippen LogP contribution in [0.15, 0.2) is 267 Å². The van der Waals surface area contributed by atoms with Gasteiger partial charge in [-0.15, -0.1) is 0 Å². The minimum Gasteiger partial charge on any atom is -0.309 e. The van der Waals surface area contributed by atoms with Crippen LogP contribution in [0.3, 0.4) is 0 Å². The molecule has 0 saturated carbocycles. The molecule has 2 aromatic heterocycles. The average Bonchev–Trinajstić information content (AvgIpc) is 4.09. The van der Waals surface area contributed by atoms with Gasteiger partial charge < -0.3 is 4.57 Å². The Bertz CT molecular complexity index is 4220. The molecule has 0 amide bonds. The highest BCUT2D eigenvalue weighted by Gasteiger charge is 2.52. The minimum atomic E-state index is -0.631. The second-order valence-corrected chi connectivity index (χ2v) is 19.5. The van der Waals surface area contributed by atoms with Crippen LogP contribution in [0.2, 0.25) is 0 Å². The number of para-hydroxylation sites is 1. The molecule has 0 bridgehead atoms. The Kier molecular flexibility index (Phi) is 9.45. The van der Waals surface area contributed by atoms with Gasteiger partial charge in [0.2, 0.25) is 0 Å². The Morgan fingerprint density at radius 3 is 1.23 bits per heavy atom. The molecule has 11 aromatic carbocycles. The van der Waals surface area contributed by atoms with E-state index in [1.165, 1.54) is 88.7 Å². The summed E-state index contributed by atoms with van der Waals surface area (Å²) in [7, 11) is 0. The molecule has 344 valence electrons. The van der Waals surface area contributed by atoms with E-state index in [2.05, 4.69) is 235 Å². The summed E-state index contributed by atoms with van der Waals surface area (Å²) < 4.78 is 2.47. The molecule has 0 radical (unpaired) electrons. The number of nitrogens with zero attached hydrogens (tertiary/aromatic N) is 4. The van der Waals surface area contributed by atoms with Crippen LogP contribution in [0.25, 0.3) is 117 Å². The van der Waals surface area contributed by atoms with Gasteiger partial charge in [0, 0.05) is 33.2 Å². The van der Waals surface area contributed by atoms with Gasteiger partial charge >= 0.3 is 0 Å². The summed E-state index contributed by atoms with van der Waals surface area (Å²) in [5.41, 5.74) is 22.8. The monoisotopic (exact) mass is 940 g/mol. The summed E-state index contributed by atoms with van der Waals surface area (Å²) in [6, 6.07) is 96.8. The summed E-state index contributed by atoms with van der Waals surface area (Å²) in [4.78, 5) is 15.5. The van der Waals surface area contributed by atoms with Crippen molar-refractivity contribution in [2.45, 2.75) is 5.41 Å². The third-order valence-corrected chi connectivity index (χ3v) is 15.4. The van der Waals surface area contributed by atoms with Crippen LogP contribution < -0.4 is 0 Å². The second kappa shape index (κ2) is 16.7. The number of benzene rings is 11. The Balaban J connectivity index is 0.978. The van der Waals surface area contributed by atoms with E-state index in [0.29, 0.717) is 17.5 Å². The van der Waals surface area contributed by atoms with Gasteiger partial charge in [0.05, 0.1) is 16.4 Å². The van der Waals surface area contributed by atoms with Crippen molar-refractivity contribution in [3.8, 4) is 95.5 Å². The maximum Gasteiger partial charge on any atom is 0.164 e. The first-order chi connectivity index (χ1) is 36.7. The van der Waals surface area contributed by atoms with E-state index in [-0.39, 0.29) is 0 Å². The first-order valence-corrected chi connectivity index (χ1v) is 25.3. The predicted molar refractivity (Wildman–Crippen MR) is 303 cm³/mol. The topological polar surface area (TPSA) is 43.6 Å². The van der Waals surface area contributed by atoms with Gasteiger partial charge in [-0.05, 0) is 139 Å². The standard InChI is InChI=1S/C70H44N4/c1-6-20-45(21-7-1)51-38-52(46-22-8-2-9-23-46)40-53(39-51)49-35-37-65-59(41-49)60-43-58-56-31-17-19-33-62(56)70(64(58)44-66(60)74(65)54-28-14-5-15-29-54)61-32-18-16-30-55(61)57-36-34-50(42-63(57)70)69-72-67(47-24-10-3-11-25-47)71-68(73-69)48-26-12-4-13-27-48/h1-44H. The Morgan fingerprint density at radius 2 is 0.662 bits per heavy atom. The Morgan fingerprint density at radius 1 is 0.243 bits per heavy atom. The Labute approximate surface area is 429 Å². The van der Waals surface area contributed by atoms with Crippen molar-refractivity contribution in [2.75, 3.05) is 0 Å². The lowest BCUT2D eigenvalue weighted by Crippen LogP contribution is -2.26. The van der Waals surface area contributed by atoms with E-state index < -0.39 is 5.41 Å². The zero-order valence-corrected chi connectivity index (χ0v) is 40.2. The number of rotatable bonds is 7. The Hall–Kier alpha value is -9.77. The van der Waals surface area contributed by atoms with Crippen LogP contribution in [-0.4, -0.2) is 19.5 Å².